The molecule has 4 unspecified atom stereocenters. The lowest BCUT2D eigenvalue weighted by Crippen LogP contribution is -2.07. The minimum atomic E-state index is 0.526. The zero-order valence-electron chi connectivity index (χ0n) is 26.7. The molecule has 0 radical (unpaired) electrons. The predicted octanol–water partition coefficient (Wildman–Crippen LogP) is 10.6. The normalized spacial score (nSPS) is 14.8. The van der Waals surface area contributed by atoms with E-state index in [4.69, 9.17) is 0 Å². The van der Waals surface area contributed by atoms with E-state index in [9.17, 15) is 10.2 Å². The second-order valence-electron chi connectivity index (χ2n) is 13.1. The summed E-state index contributed by atoms with van der Waals surface area (Å²) in [6, 6.07) is 9.06. The van der Waals surface area contributed by atoms with Crippen molar-refractivity contribution in [3.63, 3.8) is 0 Å². The molecule has 0 aromatic heterocycles. The number of aromatic hydroxyl groups is 2. The van der Waals surface area contributed by atoms with Gasteiger partial charge in [0.2, 0.25) is 0 Å². The van der Waals surface area contributed by atoms with Gasteiger partial charge >= 0.3 is 0 Å². The Hall–Kier alpha value is -1.96. The van der Waals surface area contributed by atoms with Gasteiger partial charge in [0.1, 0.15) is 11.5 Å². The Morgan fingerprint density at radius 2 is 0.692 bits per heavy atom. The van der Waals surface area contributed by atoms with E-state index in [-0.39, 0.29) is 0 Å². The average Bonchev–Trinajstić information content (AvgIpc) is 2.85. The summed E-state index contributed by atoms with van der Waals surface area (Å²) in [5.74, 6) is 3.29. The molecule has 2 aromatic carbocycles. The molecule has 2 N–H and O–H groups in total. The van der Waals surface area contributed by atoms with Crippen molar-refractivity contribution in [2.24, 2.45) is 23.7 Å². The van der Waals surface area contributed by atoms with Crippen LogP contribution in [-0.2, 0) is 32.1 Å². The van der Waals surface area contributed by atoms with Crippen molar-refractivity contribution in [3.8, 4) is 11.5 Å². The number of rotatable bonds is 18. The van der Waals surface area contributed by atoms with Crippen LogP contribution in [0.5, 0.6) is 11.5 Å². The molecule has 0 amide bonds. The maximum Gasteiger partial charge on any atom is 0.121 e. The highest BCUT2D eigenvalue weighted by molar-refractivity contribution is 5.48. The summed E-state index contributed by atoms with van der Waals surface area (Å²) in [5, 5.41) is 22.6. The predicted molar refractivity (Wildman–Crippen MR) is 170 cm³/mol. The number of phenolic OH excluding ortho intramolecular Hbond substituents is 2. The topological polar surface area (TPSA) is 40.5 Å². The largest absolute Gasteiger partial charge is 0.507 e. The fourth-order valence-corrected chi connectivity index (χ4v) is 6.61. The van der Waals surface area contributed by atoms with Gasteiger partial charge in [-0.05, 0) is 89.2 Å². The molecule has 0 heterocycles. The van der Waals surface area contributed by atoms with Crippen LogP contribution in [-0.4, -0.2) is 10.2 Å². The zero-order chi connectivity index (χ0) is 28.9. The van der Waals surface area contributed by atoms with Crippen LogP contribution in [0.25, 0.3) is 0 Å². The average molecular weight is 537 g/mol. The van der Waals surface area contributed by atoms with Gasteiger partial charge in [-0.25, -0.2) is 0 Å². The lowest BCUT2D eigenvalue weighted by molar-refractivity contribution is 0.436. The molecular weight excluding hydrogens is 476 g/mol. The molecule has 2 rings (SSSR count). The van der Waals surface area contributed by atoms with Gasteiger partial charge in [-0.1, -0.05) is 131 Å². The number of phenols is 2. The van der Waals surface area contributed by atoms with Gasteiger partial charge in [-0.15, -0.1) is 0 Å². The van der Waals surface area contributed by atoms with Crippen molar-refractivity contribution in [3.05, 3.63) is 57.6 Å². The van der Waals surface area contributed by atoms with Gasteiger partial charge in [-0.3, -0.25) is 0 Å². The third-order valence-electron chi connectivity index (χ3n) is 8.46. The molecule has 4 atom stereocenters. The molecule has 2 nitrogen and oxygen atoms in total. The Balaban J connectivity index is 2.51. The summed E-state index contributed by atoms with van der Waals surface area (Å²) in [5.41, 5.74) is 7.02. The first-order chi connectivity index (χ1) is 18.6. The third kappa shape index (κ3) is 10.8. The van der Waals surface area contributed by atoms with Crippen molar-refractivity contribution in [2.75, 3.05) is 0 Å². The summed E-state index contributed by atoms with van der Waals surface area (Å²) in [6.45, 7) is 18.2. The van der Waals surface area contributed by atoms with Crippen molar-refractivity contribution in [2.45, 2.75) is 139 Å². The Morgan fingerprint density at radius 1 is 0.462 bits per heavy atom. The van der Waals surface area contributed by atoms with Crippen molar-refractivity contribution >= 4 is 0 Å². The van der Waals surface area contributed by atoms with Gasteiger partial charge in [0, 0.05) is 0 Å². The molecule has 0 aliphatic heterocycles. The zero-order valence-corrected chi connectivity index (χ0v) is 26.7. The number of hydrogen-bond acceptors (Lipinski definition) is 2. The van der Waals surface area contributed by atoms with Crippen LogP contribution in [0.4, 0.5) is 0 Å². The molecule has 2 heteroatoms. The Morgan fingerprint density at radius 3 is 0.897 bits per heavy atom. The SMILES string of the molecule is CCCC(C)Cc1cc(Cc2cc(CC(C)CCC)c(O)c(CC(C)CCC)c2)cc(CC(C)CCC)c1O. The number of benzene rings is 2. The van der Waals surface area contributed by atoms with Crippen LogP contribution in [0.2, 0.25) is 0 Å². The fraction of sp³-hybridized carbons (Fsp3) is 0.676. The Bertz CT molecular complexity index is 841. The highest BCUT2D eigenvalue weighted by Gasteiger charge is 2.18. The standard InChI is InChI=1S/C37H60O2/c1-9-13-26(5)17-32-22-30(23-33(36(32)38)18-27(6)14-10-2)21-31-24-34(19-28(7)15-11-3)37(39)35(25-31)20-29(8)16-12-4/h22-29,38-39H,9-21H2,1-8H3. The van der Waals surface area contributed by atoms with Gasteiger partial charge in [-0.2, -0.15) is 0 Å². The van der Waals surface area contributed by atoms with Crippen LogP contribution in [0, 0.1) is 23.7 Å². The molecule has 0 saturated carbocycles. The molecule has 39 heavy (non-hydrogen) atoms. The van der Waals surface area contributed by atoms with Gasteiger partial charge in [0.25, 0.3) is 0 Å². The van der Waals surface area contributed by atoms with E-state index in [1.165, 1.54) is 62.5 Å². The van der Waals surface area contributed by atoms with E-state index in [2.05, 4.69) is 79.7 Å². The van der Waals surface area contributed by atoms with Crippen LogP contribution in [0.3, 0.4) is 0 Å². The molecule has 0 bridgehead atoms. The first kappa shape index (κ1) is 33.2. The van der Waals surface area contributed by atoms with E-state index in [1.807, 2.05) is 0 Å². The summed E-state index contributed by atoms with van der Waals surface area (Å²) < 4.78 is 0. The highest BCUT2D eigenvalue weighted by atomic mass is 16.3. The molecule has 0 aliphatic rings. The van der Waals surface area contributed by atoms with E-state index < -0.39 is 0 Å². The number of hydrogen-bond donors (Lipinski definition) is 2. The van der Waals surface area contributed by atoms with E-state index in [1.54, 1.807) is 0 Å². The summed E-state index contributed by atoms with van der Waals surface area (Å²) in [4.78, 5) is 0. The minimum Gasteiger partial charge on any atom is -0.507 e. The van der Waals surface area contributed by atoms with Crippen LogP contribution < -0.4 is 0 Å². The first-order valence-electron chi connectivity index (χ1n) is 16.3. The van der Waals surface area contributed by atoms with E-state index in [0.29, 0.717) is 35.2 Å². The van der Waals surface area contributed by atoms with Crippen LogP contribution in [0.15, 0.2) is 24.3 Å². The smallest absolute Gasteiger partial charge is 0.121 e. The first-order valence-corrected chi connectivity index (χ1v) is 16.3. The van der Waals surface area contributed by atoms with Gasteiger partial charge in [0.15, 0.2) is 0 Å². The molecule has 0 fully saturated rings. The van der Waals surface area contributed by atoms with Crippen LogP contribution >= 0.6 is 0 Å². The summed E-state index contributed by atoms with van der Waals surface area (Å²) in [7, 11) is 0. The molecule has 220 valence electrons. The lowest BCUT2D eigenvalue weighted by Gasteiger charge is -2.20. The Kier molecular flexibility index (Phi) is 14.5. The maximum atomic E-state index is 11.3. The highest BCUT2D eigenvalue weighted by Crippen LogP contribution is 2.34. The second-order valence-corrected chi connectivity index (χ2v) is 13.1. The van der Waals surface area contributed by atoms with Crippen molar-refractivity contribution in [1.82, 2.24) is 0 Å². The molecule has 0 aliphatic carbocycles. The maximum absolute atomic E-state index is 11.3. The van der Waals surface area contributed by atoms with Crippen molar-refractivity contribution < 1.29 is 10.2 Å². The van der Waals surface area contributed by atoms with E-state index in [0.717, 1.165) is 54.4 Å². The fourth-order valence-electron chi connectivity index (χ4n) is 6.61. The van der Waals surface area contributed by atoms with Crippen LogP contribution in [0.1, 0.15) is 140 Å². The molecule has 0 saturated heterocycles. The van der Waals surface area contributed by atoms with Crippen molar-refractivity contribution in [1.29, 1.82) is 0 Å². The molecular formula is C37H60O2. The minimum absolute atomic E-state index is 0.526. The van der Waals surface area contributed by atoms with Gasteiger partial charge in [0.05, 0.1) is 0 Å². The van der Waals surface area contributed by atoms with E-state index >= 15 is 0 Å². The monoisotopic (exact) mass is 536 g/mol. The third-order valence-corrected chi connectivity index (χ3v) is 8.46. The molecule has 0 spiro atoms. The lowest BCUT2D eigenvalue weighted by atomic mass is 9.86. The quantitative estimate of drug-likeness (QED) is 0.199. The second kappa shape index (κ2) is 17.0. The van der Waals surface area contributed by atoms with Gasteiger partial charge < -0.3 is 10.2 Å². The Labute approximate surface area is 241 Å². The molecule has 2 aromatic rings. The summed E-state index contributed by atoms with van der Waals surface area (Å²) >= 11 is 0. The summed E-state index contributed by atoms with van der Waals surface area (Å²) in [6.07, 6.45) is 14.0.